The zero-order valence-electron chi connectivity index (χ0n) is 10.9. The van der Waals surface area contributed by atoms with Crippen LogP contribution in [0.25, 0.3) is 0 Å². The molecule has 0 saturated carbocycles. The Hall–Kier alpha value is -2.22. The highest BCUT2D eigenvalue weighted by atomic mass is 15.4. The van der Waals surface area contributed by atoms with Gasteiger partial charge in [0.15, 0.2) is 0 Å². The van der Waals surface area contributed by atoms with Crippen LogP contribution in [0.4, 0.5) is 11.6 Å². The molecule has 0 atom stereocenters. The maximum Gasteiger partial charge on any atom is 0.148 e. The van der Waals surface area contributed by atoms with Crippen molar-refractivity contribution in [3.8, 4) is 0 Å². The number of aryl methyl sites for hydroxylation is 1. The van der Waals surface area contributed by atoms with E-state index < -0.39 is 0 Å². The van der Waals surface area contributed by atoms with Crippen LogP contribution in [0, 0.1) is 0 Å². The molecule has 0 bridgehead atoms. The number of hydrogen-bond donors (Lipinski definition) is 3. The van der Waals surface area contributed by atoms with Gasteiger partial charge in [0, 0.05) is 24.8 Å². The molecule has 0 fully saturated rings. The first-order chi connectivity index (χ1) is 9.35. The first-order valence-corrected chi connectivity index (χ1v) is 6.23. The molecule has 0 unspecified atom stereocenters. The van der Waals surface area contributed by atoms with Crippen LogP contribution in [0.3, 0.4) is 0 Å². The van der Waals surface area contributed by atoms with Gasteiger partial charge in [-0.25, -0.2) is 15.8 Å². The number of hydrazine groups is 1. The van der Waals surface area contributed by atoms with Gasteiger partial charge >= 0.3 is 0 Å². The summed E-state index contributed by atoms with van der Waals surface area (Å²) in [4.78, 5) is 8.33. The fourth-order valence-corrected chi connectivity index (χ4v) is 1.82. The molecule has 0 aromatic carbocycles. The number of nitrogens with zero attached hydrogens (tertiary/aromatic N) is 5. The van der Waals surface area contributed by atoms with Crippen LogP contribution in [-0.4, -0.2) is 31.5 Å². The fourth-order valence-electron chi connectivity index (χ4n) is 1.82. The van der Waals surface area contributed by atoms with Crippen LogP contribution in [0.15, 0.2) is 18.7 Å². The van der Waals surface area contributed by atoms with Crippen molar-refractivity contribution in [2.24, 2.45) is 5.84 Å². The molecule has 2 rings (SSSR count). The SMILES string of the molecule is CCc1c(NN)ncnc1NCCCn1ccnn1. The van der Waals surface area contributed by atoms with Crippen molar-refractivity contribution in [3.05, 3.63) is 24.3 Å². The molecule has 0 radical (unpaired) electrons. The molecular formula is C11H18N8. The fraction of sp³-hybridized carbons (Fsp3) is 0.455. The van der Waals surface area contributed by atoms with E-state index in [2.05, 4.69) is 31.0 Å². The van der Waals surface area contributed by atoms with Crippen molar-refractivity contribution in [1.82, 2.24) is 25.0 Å². The minimum Gasteiger partial charge on any atom is -0.370 e. The van der Waals surface area contributed by atoms with Crippen molar-refractivity contribution in [3.63, 3.8) is 0 Å². The number of nitrogen functional groups attached to an aromatic ring is 1. The minimum atomic E-state index is 0.663. The van der Waals surface area contributed by atoms with Gasteiger partial charge in [-0.05, 0) is 12.8 Å². The predicted molar refractivity (Wildman–Crippen MR) is 72.3 cm³/mol. The number of anilines is 2. The lowest BCUT2D eigenvalue weighted by Crippen LogP contribution is -2.15. The molecule has 0 amide bonds. The highest BCUT2D eigenvalue weighted by Gasteiger charge is 2.07. The maximum atomic E-state index is 5.43. The standard InChI is InChI=1S/C11H18N8/c1-2-9-10(14-8-15-11(9)17-12)13-4-3-6-19-7-5-16-18-19/h5,7-8H,2-4,6,12H2,1H3,(H2,13,14,15,17). The first-order valence-electron chi connectivity index (χ1n) is 6.23. The van der Waals surface area contributed by atoms with Crippen molar-refractivity contribution in [2.75, 3.05) is 17.3 Å². The highest BCUT2D eigenvalue weighted by Crippen LogP contribution is 2.19. The van der Waals surface area contributed by atoms with E-state index in [9.17, 15) is 0 Å². The van der Waals surface area contributed by atoms with E-state index in [1.807, 2.05) is 13.1 Å². The van der Waals surface area contributed by atoms with E-state index in [1.54, 1.807) is 10.9 Å². The summed E-state index contributed by atoms with van der Waals surface area (Å²) in [6, 6.07) is 0. The Morgan fingerprint density at radius 2 is 2.16 bits per heavy atom. The van der Waals surface area contributed by atoms with Gasteiger partial charge in [-0.2, -0.15) is 0 Å². The molecule has 102 valence electrons. The van der Waals surface area contributed by atoms with Gasteiger partial charge in [0.05, 0.1) is 6.20 Å². The lowest BCUT2D eigenvalue weighted by Gasteiger charge is -2.12. The zero-order chi connectivity index (χ0) is 13.5. The number of nitrogens with one attached hydrogen (secondary N) is 2. The van der Waals surface area contributed by atoms with Gasteiger partial charge in [0.25, 0.3) is 0 Å². The predicted octanol–water partition coefficient (Wildman–Crippen LogP) is 0.418. The molecule has 0 spiro atoms. The third-order valence-corrected chi connectivity index (χ3v) is 2.76. The average Bonchev–Trinajstić information content (AvgIpc) is 2.96. The molecule has 0 aliphatic rings. The summed E-state index contributed by atoms with van der Waals surface area (Å²) in [7, 11) is 0. The summed E-state index contributed by atoms with van der Waals surface area (Å²) in [5.74, 6) is 6.91. The highest BCUT2D eigenvalue weighted by molar-refractivity contribution is 5.56. The third-order valence-electron chi connectivity index (χ3n) is 2.76. The van der Waals surface area contributed by atoms with Crippen LogP contribution < -0.4 is 16.6 Å². The second-order valence-electron chi connectivity index (χ2n) is 3.99. The second-order valence-corrected chi connectivity index (χ2v) is 3.99. The summed E-state index contributed by atoms with van der Waals surface area (Å²) < 4.78 is 1.80. The Labute approximate surface area is 111 Å². The molecule has 2 aromatic heterocycles. The second kappa shape index (κ2) is 6.64. The first kappa shape index (κ1) is 13.2. The molecule has 8 nitrogen and oxygen atoms in total. The van der Waals surface area contributed by atoms with Crippen molar-refractivity contribution < 1.29 is 0 Å². The molecule has 4 N–H and O–H groups in total. The number of nitrogens with two attached hydrogens (primary N) is 1. The van der Waals surface area contributed by atoms with Gasteiger partial charge in [-0.3, -0.25) is 4.68 Å². The molecule has 0 aliphatic carbocycles. The van der Waals surface area contributed by atoms with Gasteiger partial charge in [0.2, 0.25) is 0 Å². The van der Waals surface area contributed by atoms with Crippen LogP contribution in [-0.2, 0) is 13.0 Å². The zero-order valence-corrected chi connectivity index (χ0v) is 10.9. The monoisotopic (exact) mass is 262 g/mol. The van der Waals surface area contributed by atoms with E-state index in [1.165, 1.54) is 6.33 Å². The third kappa shape index (κ3) is 3.38. The largest absolute Gasteiger partial charge is 0.370 e. The Morgan fingerprint density at radius 1 is 1.32 bits per heavy atom. The van der Waals surface area contributed by atoms with Crippen molar-refractivity contribution in [2.45, 2.75) is 26.3 Å². The van der Waals surface area contributed by atoms with E-state index in [4.69, 9.17) is 5.84 Å². The topological polar surface area (TPSA) is 107 Å². The van der Waals surface area contributed by atoms with Gasteiger partial charge < -0.3 is 10.7 Å². The molecule has 8 heteroatoms. The average molecular weight is 262 g/mol. The number of rotatable bonds is 7. The lowest BCUT2D eigenvalue weighted by atomic mass is 10.2. The Morgan fingerprint density at radius 3 is 2.84 bits per heavy atom. The normalized spacial score (nSPS) is 10.4. The van der Waals surface area contributed by atoms with Crippen molar-refractivity contribution in [1.29, 1.82) is 0 Å². The number of aromatic nitrogens is 5. The molecule has 0 saturated heterocycles. The van der Waals surface area contributed by atoms with E-state index >= 15 is 0 Å². The van der Waals surface area contributed by atoms with Gasteiger partial charge in [0.1, 0.15) is 18.0 Å². The quantitative estimate of drug-likeness (QED) is 0.377. The Kier molecular flexibility index (Phi) is 4.62. The molecular weight excluding hydrogens is 244 g/mol. The summed E-state index contributed by atoms with van der Waals surface area (Å²) >= 11 is 0. The van der Waals surface area contributed by atoms with E-state index in [-0.39, 0.29) is 0 Å². The molecule has 0 aliphatic heterocycles. The van der Waals surface area contributed by atoms with Gasteiger partial charge in [-0.1, -0.05) is 12.1 Å². The Bertz CT molecular complexity index is 495. The van der Waals surface area contributed by atoms with Crippen molar-refractivity contribution >= 4 is 11.6 Å². The molecule has 19 heavy (non-hydrogen) atoms. The smallest absolute Gasteiger partial charge is 0.148 e. The van der Waals surface area contributed by atoms with E-state index in [0.717, 1.165) is 37.3 Å². The lowest BCUT2D eigenvalue weighted by molar-refractivity contribution is 0.569. The maximum absolute atomic E-state index is 5.43. The summed E-state index contributed by atoms with van der Waals surface area (Å²) in [5.41, 5.74) is 3.58. The van der Waals surface area contributed by atoms with E-state index in [0.29, 0.717) is 5.82 Å². The number of hydrogen-bond acceptors (Lipinski definition) is 7. The minimum absolute atomic E-state index is 0.663. The van der Waals surface area contributed by atoms with Gasteiger partial charge in [-0.15, -0.1) is 5.10 Å². The summed E-state index contributed by atoms with van der Waals surface area (Å²) in [5, 5.41) is 11.0. The molecule has 2 heterocycles. The van der Waals surface area contributed by atoms with Crippen LogP contribution >= 0.6 is 0 Å². The summed E-state index contributed by atoms with van der Waals surface area (Å²) in [6.45, 7) is 3.66. The van der Waals surface area contributed by atoms with Crippen LogP contribution in [0.1, 0.15) is 18.9 Å². The van der Waals surface area contributed by atoms with Crippen LogP contribution in [0.5, 0.6) is 0 Å². The molecule has 2 aromatic rings. The Balaban J connectivity index is 1.88. The summed E-state index contributed by atoms with van der Waals surface area (Å²) in [6.07, 6.45) is 6.76. The van der Waals surface area contributed by atoms with Crippen LogP contribution in [0.2, 0.25) is 0 Å².